The van der Waals surface area contributed by atoms with Gasteiger partial charge in [0.1, 0.15) is 0 Å². The molecule has 0 saturated carbocycles. The first-order valence-electron chi connectivity index (χ1n) is 5.50. The second kappa shape index (κ2) is 4.48. The maximum Gasteiger partial charge on any atom is 0.271 e. The van der Waals surface area contributed by atoms with Gasteiger partial charge in [-0.05, 0) is 31.2 Å². The van der Waals surface area contributed by atoms with Gasteiger partial charge in [-0.15, -0.1) is 5.10 Å². The molecule has 0 spiro atoms. The fourth-order valence-corrected chi connectivity index (χ4v) is 1.69. The van der Waals surface area contributed by atoms with E-state index >= 15 is 0 Å². The maximum absolute atomic E-state index is 11.1. The Labute approximate surface area is 105 Å². The lowest BCUT2D eigenvalue weighted by molar-refractivity contribution is 0.0995. The van der Waals surface area contributed by atoms with Crippen LogP contribution in [0.3, 0.4) is 0 Å². The summed E-state index contributed by atoms with van der Waals surface area (Å²) < 4.78 is 1.60. The van der Waals surface area contributed by atoms with Crippen LogP contribution in [0, 0.1) is 6.92 Å². The first kappa shape index (κ1) is 12.1. The average molecular weight is 245 g/mol. The van der Waals surface area contributed by atoms with E-state index in [2.05, 4.69) is 10.3 Å². The monoisotopic (exact) mass is 245 g/mol. The van der Waals surface area contributed by atoms with Gasteiger partial charge in [0.05, 0.1) is 11.4 Å². The van der Waals surface area contributed by atoms with Gasteiger partial charge in [0.15, 0.2) is 5.69 Å². The topological polar surface area (TPSA) is 77.0 Å². The van der Waals surface area contributed by atoms with Crippen molar-refractivity contribution < 1.29 is 4.79 Å². The summed E-state index contributed by atoms with van der Waals surface area (Å²) >= 11 is 0. The highest BCUT2D eigenvalue weighted by molar-refractivity contribution is 5.91. The van der Waals surface area contributed by atoms with Gasteiger partial charge >= 0.3 is 0 Å². The maximum atomic E-state index is 11.1. The summed E-state index contributed by atoms with van der Waals surface area (Å²) in [5.74, 6) is -0.566. The number of amides is 1. The van der Waals surface area contributed by atoms with Crippen molar-refractivity contribution in [1.29, 1.82) is 0 Å². The van der Waals surface area contributed by atoms with Crippen LogP contribution >= 0.6 is 0 Å². The number of benzene rings is 1. The van der Waals surface area contributed by atoms with E-state index in [-0.39, 0.29) is 5.69 Å². The van der Waals surface area contributed by atoms with E-state index in [9.17, 15) is 4.79 Å². The summed E-state index contributed by atoms with van der Waals surface area (Å²) in [4.78, 5) is 13.1. The van der Waals surface area contributed by atoms with E-state index in [0.29, 0.717) is 5.69 Å². The SMILES string of the molecule is Cc1c(C(N)=O)nnn1-c1ccc(N(C)C)cc1. The Morgan fingerprint density at radius 3 is 2.33 bits per heavy atom. The van der Waals surface area contributed by atoms with E-state index in [1.54, 1.807) is 11.6 Å². The van der Waals surface area contributed by atoms with Crippen LogP contribution in [-0.4, -0.2) is 35.0 Å². The molecule has 94 valence electrons. The molecule has 0 aliphatic rings. The highest BCUT2D eigenvalue weighted by atomic mass is 16.1. The summed E-state index contributed by atoms with van der Waals surface area (Å²) in [6.07, 6.45) is 0. The molecule has 6 nitrogen and oxygen atoms in total. The number of hydrogen-bond donors (Lipinski definition) is 1. The summed E-state index contributed by atoms with van der Waals surface area (Å²) in [5.41, 5.74) is 7.98. The Balaban J connectivity index is 2.40. The molecule has 2 aromatic rings. The van der Waals surface area contributed by atoms with E-state index in [1.807, 2.05) is 43.3 Å². The Hall–Kier alpha value is -2.37. The van der Waals surface area contributed by atoms with Gasteiger partial charge in [0.25, 0.3) is 5.91 Å². The zero-order valence-corrected chi connectivity index (χ0v) is 10.6. The summed E-state index contributed by atoms with van der Waals surface area (Å²) in [5, 5.41) is 7.71. The average Bonchev–Trinajstić information content (AvgIpc) is 2.71. The van der Waals surface area contributed by atoms with Crippen LogP contribution in [0.2, 0.25) is 0 Å². The molecule has 0 radical (unpaired) electrons. The lowest BCUT2D eigenvalue weighted by Crippen LogP contribution is -2.13. The first-order valence-corrected chi connectivity index (χ1v) is 5.50. The van der Waals surface area contributed by atoms with E-state index in [1.165, 1.54) is 0 Å². The van der Waals surface area contributed by atoms with E-state index in [0.717, 1.165) is 11.4 Å². The molecular formula is C12H15N5O. The number of primary amides is 1. The minimum absolute atomic E-state index is 0.201. The van der Waals surface area contributed by atoms with Crippen LogP contribution in [0.4, 0.5) is 5.69 Å². The van der Waals surface area contributed by atoms with Crippen LogP contribution in [0.5, 0.6) is 0 Å². The third-order valence-corrected chi connectivity index (χ3v) is 2.74. The number of rotatable bonds is 3. The second-order valence-corrected chi connectivity index (χ2v) is 4.21. The number of aromatic nitrogens is 3. The summed E-state index contributed by atoms with van der Waals surface area (Å²) in [6, 6.07) is 7.78. The minimum Gasteiger partial charge on any atom is -0.378 e. The van der Waals surface area contributed by atoms with Gasteiger partial charge in [0.2, 0.25) is 0 Å². The molecule has 18 heavy (non-hydrogen) atoms. The fraction of sp³-hybridized carbons (Fsp3) is 0.250. The standard InChI is InChI=1S/C12H15N5O/c1-8-11(12(13)18)14-15-17(8)10-6-4-9(5-7-10)16(2)3/h4-7H,1-3H3,(H2,13,18). The van der Waals surface area contributed by atoms with Gasteiger partial charge in [-0.1, -0.05) is 5.21 Å². The lowest BCUT2D eigenvalue weighted by Gasteiger charge is -2.12. The highest BCUT2D eigenvalue weighted by Crippen LogP contribution is 2.16. The van der Waals surface area contributed by atoms with Crippen LogP contribution in [0.1, 0.15) is 16.2 Å². The number of anilines is 1. The Kier molecular flexibility index (Phi) is 3.01. The zero-order valence-electron chi connectivity index (χ0n) is 10.6. The molecule has 0 bridgehead atoms. The number of carbonyl (C=O) groups is 1. The van der Waals surface area contributed by atoms with Crippen LogP contribution < -0.4 is 10.6 Å². The van der Waals surface area contributed by atoms with Crippen molar-refractivity contribution in [2.75, 3.05) is 19.0 Å². The molecule has 0 fully saturated rings. The van der Waals surface area contributed by atoms with Crippen molar-refractivity contribution in [3.8, 4) is 5.69 Å². The zero-order chi connectivity index (χ0) is 13.3. The molecule has 0 aliphatic heterocycles. The molecule has 1 aromatic heterocycles. The molecular weight excluding hydrogens is 230 g/mol. The number of carbonyl (C=O) groups excluding carboxylic acids is 1. The molecule has 2 N–H and O–H groups in total. The number of nitrogens with two attached hydrogens (primary N) is 1. The van der Waals surface area contributed by atoms with Crippen molar-refractivity contribution >= 4 is 11.6 Å². The predicted octanol–water partition coefficient (Wildman–Crippen LogP) is 0.741. The third kappa shape index (κ3) is 2.04. The number of hydrogen-bond acceptors (Lipinski definition) is 4. The van der Waals surface area contributed by atoms with Crippen molar-refractivity contribution in [2.24, 2.45) is 5.73 Å². The molecule has 0 aliphatic carbocycles. The molecule has 0 atom stereocenters. The van der Waals surface area contributed by atoms with Crippen molar-refractivity contribution in [3.63, 3.8) is 0 Å². The van der Waals surface area contributed by atoms with Gasteiger partial charge in [0, 0.05) is 19.8 Å². The molecule has 1 amide bonds. The Bertz CT molecular complexity index is 571. The summed E-state index contributed by atoms with van der Waals surface area (Å²) in [7, 11) is 3.95. The highest BCUT2D eigenvalue weighted by Gasteiger charge is 2.14. The Morgan fingerprint density at radius 2 is 1.89 bits per heavy atom. The lowest BCUT2D eigenvalue weighted by atomic mass is 10.2. The van der Waals surface area contributed by atoms with Crippen molar-refractivity contribution in [1.82, 2.24) is 15.0 Å². The van der Waals surface area contributed by atoms with E-state index in [4.69, 9.17) is 5.73 Å². The van der Waals surface area contributed by atoms with Gasteiger partial charge in [-0.2, -0.15) is 0 Å². The minimum atomic E-state index is -0.566. The predicted molar refractivity (Wildman–Crippen MR) is 68.9 cm³/mol. The first-order chi connectivity index (χ1) is 8.50. The van der Waals surface area contributed by atoms with E-state index < -0.39 is 5.91 Å². The van der Waals surface area contributed by atoms with Crippen LogP contribution in [0.25, 0.3) is 5.69 Å². The largest absolute Gasteiger partial charge is 0.378 e. The van der Waals surface area contributed by atoms with Gasteiger partial charge in [-0.25, -0.2) is 4.68 Å². The molecule has 0 unspecified atom stereocenters. The molecule has 1 aromatic carbocycles. The molecule has 6 heteroatoms. The van der Waals surface area contributed by atoms with Crippen LogP contribution in [-0.2, 0) is 0 Å². The molecule has 2 rings (SSSR count). The molecule has 1 heterocycles. The van der Waals surface area contributed by atoms with Gasteiger partial charge < -0.3 is 10.6 Å². The third-order valence-electron chi connectivity index (χ3n) is 2.74. The normalized spacial score (nSPS) is 10.4. The van der Waals surface area contributed by atoms with Crippen LogP contribution in [0.15, 0.2) is 24.3 Å². The Morgan fingerprint density at radius 1 is 1.28 bits per heavy atom. The van der Waals surface area contributed by atoms with Crippen molar-refractivity contribution in [2.45, 2.75) is 6.92 Å². The second-order valence-electron chi connectivity index (χ2n) is 4.21. The van der Waals surface area contributed by atoms with Gasteiger partial charge in [-0.3, -0.25) is 4.79 Å². The summed E-state index contributed by atoms with van der Waals surface area (Å²) in [6.45, 7) is 1.76. The quantitative estimate of drug-likeness (QED) is 0.865. The van der Waals surface area contributed by atoms with Crippen molar-refractivity contribution in [3.05, 3.63) is 35.7 Å². The smallest absolute Gasteiger partial charge is 0.271 e. The number of nitrogens with zero attached hydrogens (tertiary/aromatic N) is 4. The molecule has 0 saturated heterocycles. The fourth-order valence-electron chi connectivity index (χ4n) is 1.69.